The monoisotopic (exact) mass is 225 g/mol. The largest absolute Gasteiger partial charge is 0.353 e. The number of nitrogens with one attached hydrogen (secondary N) is 3. The zero-order valence-corrected chi connectivity index (χ0v) is 9.49. The van der Waals surface area contributed by atoms with E-state index in [0.29, 0.717) is 12.5 Å². The number of rotatable bonds is 3. The van der Waals surface area contributed by atoms with Gasteiger partial charge in [0, 0.05) is 24.4 Å². The Hall–Kier alpha value is -1.10. The number of allylic oxidation sites excluding steroid dienone is 2. The Morgan fingerprint density at radius 3 is 3.13 bits per heavy atom. The first-order valence-corrected chi connectivity index (χ1v) is 6.05. The molecule has 1 fully saturated rings. The Morgan fingerprint density at radius 2 is 2.47 bits per heavy atom. The summed E-state index contributed by atoms with van der Waals surface area (Å²) in [4.78, 5) is 11.0. The third-order valence-corrected chi connectivity index (χ3v) is 3.48. The molecule has 0 aromatic heterocycles. The lowest BCUT2D eigenvalue weighted by atomic mass is 10.2. The molecule has 0 saturated carbocycles. The van der Waals surface area contributed by atoms with E-state index in [2.05, 4.69) is 22.2 Å². The molecule has 1 saturated heterocycles. The second-order valence-corrected chi connectivity index (χ2v) is 4.84. The Labute approximate surface area is 93.5 Å². The summed E-state index contributed by atoms with van der Waals surface area (Å²) in [7, 11) is 0. The number of hydrogen-bond donors (Lipinski definition) is 3. The zero-order valence-electron chi connectivity index (χ0n) is 8.67. The number of thioether (sulfide) groups is 1. The topological polar surface area (TPSA) is 53.2 Å². The van der Waals surface area contributed by atoms with Gasteiger partial charge in [0.25, 0.3) is 0 Å². The summed E-state index contributed by atoms with van der Waals surface area (Å²) in [5.74, 6) is 1.11. The maximum atomic E-state index is 11.0. The first-order chi connectivity index (χ1) is 7.24. The summed E-state index contributed by atoms with van der Waals surface area (Å²) >= 11 is 1.73. The van der Waals surface area contributed by atoms with Crippen molar-refractivity contribution in [3.8, 4) is 0 Å². The van der Waals surface area contributed by atoms with Gasteiger partial charge in [0.15, 0.2) is 0 Å². The molecule has 82 valence electrons. The van der Waals surface area contributed by atoms with E-state index in [1.165, 1.54) is 5.57 Å². The van der Waals surface area contributed by atoms with E-state index in [0.717, 1.165) is 17.2 Å². The number of hydrazine groups is 1. The highest BCUT2D eigenvalue weighted by molar-refractivity contribution is 8.03. The number of carbonyl (C=O) groups is 1. The van der Waals surface area contributed by atoms with Gasteiger partial charge in [-0.05, 0) is 25.0 Å². The molecule has 0 spiro atoms. The van der Waals surface area contributed by atoms with Crippen molar-refractivity contribution in [3.05, 3.63) is 22.9 Å². The van der Waals surface area contributed by atoms with E-state index < -0.39 is 0 Å². The molecule has 5 heteroatoms. The molecule has 3 N–H and O–H groups in total. The van der Waals surface area contributed by atoms with E-state index in [1.54, 1.807) is 11.8 Å². The lowest BCUT2D eigenvalue weighted by Gasteiger charge is -2.17. The second kappa shape index (κ2) is 4.61. The molecule has 2 aliphatic rings. The molecular weight excluding hydrogens is 210 g/mol. The quantitative estimate of drug-likeness (QED) is 0.666. The van der Waals surface area contributed by atoms with Crippen LogP contribution in [0.4, 0.5) is 0 Å². The minimum Gasteiger partial charge on any atom is -0.353 e. The van der Waals surface area contributed by atoms with Crippen LogP contribution in [0.3, 0.4) is 0 Å². The molecule has 2 aliphatic heterocycles. The Balaban J connectivity index is 1.78. The maximum absolute atomic E-state index is 11.0. The van der Waals surface area contributed by atoms with Gasteiger partial charge in [-0.3, -0.25) is 10.2 Å². The van der Waals surface area contributed by atoms with Gasteiger partial charge in [0.1, 0.15) is 0 Å². The summed E-state index contributed by atoms with van der Waals surface area (Å²) < 4.78 is 0. The van der Waals surface area contributed by atoms with E-state index in [4.69, 9.17) is 0 Å². The second-order valence-electron chi connectivity index (χ2n) is 3.78. The fourth-order valence-electron chi connectivity index (χ4n) is 1.58. The molecule has 0 aliphatic carbocycles. The number of carbonyl (C=O) groups excluding carboxylic acids is 1. The summed E-state index contributed by atoms with van der Waals surface area (Å²) in [6, 6.07) is 0.330. The average molecular weight is 225 g/mol. The summed E-state index contributed by atoms with van der Waals surface area (Å²) in [5.41, 5.74) is 7.25. The van der Waals surface area contributed by atoms with E-state index in [-0.39, 0.29) is 5.91 Å². The first kappa shape index (κ1) is 10.4. The molecule has 2 heterocycles. The standard InChI is InChI=1S/C10H15N3OS/c1-7-4-10(13-11-5-7)15-6-8-2-3-9(14)12-8/h4-5,8,11,13H,2-3,6H2,1H3,(H,12,14). The number of hydrogen-bond acceptors (Lipinski definition) is 4. The molecule has 1 unspecified atom stereocenters. The van der Waals surface area contributed by atoms with Crippen molar-refractivity contribution in [2.24, 2.45) is 0 Å². The van der Waals surface area contributed by atoms with Crippen LogP contribution in [-0.2, 0) is 4.79 Å². The van der Waals surface area contributed by atoms with Crippen LogP contribution >= 0.6 is 11.8 Å². The third kappa shape index (κ3) is 2.92. The van der Waals surface area contributed by atoms with Crippen LogP contribution in [-0.4, -0.2) is 17.7 Å². The van der Waals surface area contributed by atoms with Crippen molar-refractivity contribution >= 4 is 17.7 Å². The summed E-state index contributed by atoms with van der Waals surface area (Å²) in [6.45, 7) is 2.05. The predicted octanol–water partition coefficient (Wildman–Crippen LogP) is 0.851. The lowest BCUT2D eigenvalue weighted by Crippen LogP contribution is -2.30. The Bertz CT molecular complexity index is 325. The van der Waals surface area contributed by atoms with E-state index in [1.807, 2.05) is 13.1 Å². The van der Waals surface area contributed by atoms with Gasteiger partial charge in [-0.25, -0.2) is 0 Å². The molecule has 1 amide bonds. The minimum atomic E-state index is 0.181. The number of amides is 1. The molecule has 4 nitrogen and oxygen atoms in total. The van der Waals surface area contributed by atoms with Gasteiger partial charge in [-0.15, -0.1) is 11.8 Å². The highest BCUT2D eigenvalue weighted by atomic mass is 32.2. The van der Waals surface area contributed by atoms with Crippen molar-refractivity contribution in [1.29, 1.82) is 0 Å². The maximum Gasteiger partial charge on any atom is 0.220 e. The van der Waals surface area contributed by atoms with E-state index >= 15 is 0 Å². The molecule has 0 aromatic rings. The van der Waals surface area contributed by atoms with Crippen LogP contribution in [0.25, 0.3) is 0 Å². The van der Waals surface area contributed by atoms with Crippen LogP contribution < -0.4 is 16.2 Å². The SMILES string of the molecule is CC1=CNNC(SCC2CCC(=O)N2)=C1. The summed E-state index contributed by atoms with van der Waals surface area (Å²) in [6.07, 6.45) is 5.65. The van der Waals surface area contributed by atoms with Gasteiger partial charge in [0.2, 0.25) is 5.91 Å². The van der Waals surface area contributed by atoms with Crippen LogP contribution in [0.2, 0.25) is 0 Å². The fourth-order valence-corrected chi connectivity index (χ4v) is 2.61. The first-order valence-electron chi connectivity index (χ1n) is 5.06. The molecule has 0 bridgehead atoms. The van der Waals surface area contributed by atoms with Crippen LogP contribution in [0, 0.1) is 0 Å². The molecule has 1 atom stereocenters. The van der Waals surface area contributed by atoms with Gasteiger partial charge in [-0.2, -0.15) is 0 Å². The Kier molecular flexibility index (Phi) is 3.20. The smallest absolute Gasteiger partial charge is 0.220 e. The highest BCUT2D eigenvalue weighted by Gasteiger charge is 2.20. The minimum absolute atomic E-state index is 0.181. The van der Waals surface area contributed by atoms with Crippen LogP contribution in [0.5, 0.6) is 0 Å². The van der Waals surface area contributed by atoms with Crippen molar-refractivity contribution < 1.29 is 4.79 Å². The molecule has 0 radical (unpaired) electrons. The van der Waals surface area contributed by atoms with Crippen molar-refractivity contribution in [2.45, 2.75) is 25.8 Å². The lowest BCUT2D eigenvalue weighted by molar-refractivity contribution is -0.119. The predicted molar refractivity (Wildman–Crippen MR) is 61.7 cm³/mol. The summed E-state index contributed by atoms with van der Waals surface area (Å²) in [5, 5.41) is 4.06. The molecule has 15 heavy (non-hydrogen) atoms. The van der Waals surface area contributed by atoms with Gasteiger partial charge in [-0.1, -0.05) is 0 Å². The fraction of sp³-hybridized carbons (Fsp3) is 0.500. The zero-order chi connectivity index (χ0) is 10.7. The van der Waals surface area contributed by atoms with Crippen molar-refractivity contribution in [2.75, 3.05) is 5.75 Å². The molecule has 2 rings (SSSR count). The molecule has 0 aromatic carbocycles. The Morgan fingerprint density at radius 1 is 1.60 bits per heavy atom. The van der Waals surface area contributed by atoms with Gasteiger partial charge >= 0.3 is 0 Å². The van der Waals surface area contributed by atoms with Crippen LogP contribution in [0.1, 0.15) is 19.8 Å². The van der Waals surface area contributed by atoms with Crippen molar-refractivity contribution in [1.82, 2.24) is 16.2 Å². The van der Waals surface area contributed by atoms with E-state index in [9.17, 15) is 4.79 Å². The normalized spacial score (nSPS) is 24.9. The van der Waals surface area contributed by atoms with Crippen LogP contribution in [0.15, 0.2) is 22.9 Å². The van der Waals surface area contributed by atoms with Gasteiger partial charge < -0.3 is 10.7 Å². The van der Waals surface area contributed by atoms with Crippen molar-refractivity contribution in [3.63, 3.8) is 0 Å². The molecular formula is C10H15N3OS. The van der Waals surface area contributed by atoms with Gasteiger partial charge in [0.05, 0.1) is 5.03 Å². The average Bonchev–Trinajstić information content (AvgIpc) is 2.62. The third-order valence-electron chi connectivity index (χ3n) is 2.38. The highest BCUT2D eigenvalue weighted by Crippen LogP contribution is 2.20.